The van der Waals surface area contributed by atoms with Crippen LogP contribution in [-0.4, -0.2) is 63.2 Å². The number of aromatic nitrogens is 1. The third-order valence-electron chi connectivity index (χ3n) is 6.17. The molecule has 2 aliphatic rings. The number of carboxylic acid groups (broad SMARTS) is 1. The summed E-state index contributed by atoms with van der Waals surface area (Å²) in [6.07, 6.45) is 2.91. The minimum atomic E-state index is -0.943. The summed E-state index contributed by atoms with van der Waals surface area (Å²) in [5, 5.41) is 10.3. The van der Waals surface area contributed by atoms with Gasteiger partial charge in [0.2, 0.25) is 0 Å². The zero-order chi connectivity index (χ0) is 23.8. The summed E-state index contributed by atoms with van der Waals surface area (Å²) < 4.78 is 5.56. The molecule has 1 aliphatic heterocycles. The van der Waals surface area contributed by atoms with Crippen molar-refractivity contribution in [3.63, 3.8) is 0 Å². The second-order valence-corrected chi connectivity index (χ2v) is 10.2. The average Bonchev–Trinajstić information content (AvgIpc) is 2.88. The van der Waals surface area contributed by atoms with Crippen molar-refractivity contribution in [2.75, 3.05) is 19.6 Å². The molecule has 2 atom stereocenters. The SMILES string of the molecule is CC(C)(C)OC(=O)N1CCN(C2c3ccc(Cl)cc3CCc3cccnc32)C[C@@H]1CC(=O)O. The highest BCUT2D eigenvalue weighted by Gasteiger charge is 2.39. The molecule has 1 aliphatic carbocycles. The van der Waals surface area contributed by atoms with E-state index in [1.54, 1.807) is 11.1 Å². The van der Waals surface area contributed by atoms with Crippen LogP contribution in [0.3, 0.4) is 0 Å². The lowest BCUT2D eigenvalue weighted by atomic mass is 9.95. The van der Waals surface area contributed by atoms with E-state index in [0.717, 1.165) is 24.1 Å². The van der Waals surface area contributed by atoms with Crippen molar-refractivity contribution >= 4 is 23.7 Å². The van der Waals surface area contributed by atoms with E-state index >= 15 is 0 Å². The molecule has 0 bridgehead atoms. The first kappa shape index (κ1) is 23.5. The van der Waals surface area contributed by atoms with Crippen LogP contribution in [0.15, 0.2) is 36.5 Å². The molecular weight excluding hydrogens is 442 g/mol. The molecule has 1 amide bonds. The van der Waals surface area contributed by atoms with Crippen LogP contribution < -0.4 is 0 Å². The molecule has 1 N–H and O–H groups in total. The lowest BCUT2D eigenvalue weighted by Gasteiger charge is -2.44. The van der Waals surface area contributed by atoms with E-state index in [1.807, 2.05) is 39.0 Å². The predicted molar refractivity (Wildman–Crippen MR) is 125 cm³/mol. The van der Waals surface area contributed by atoms with Gasteiger partial charge >= 0.3 is 12.1 Å². The van der Waals surface area contributed by atoms with Gasteiger partial charge in [-0.15, -0.1) is 0 Å². The Labute approximate surface area is 199 Å². The van der Waals surface area contributed by atoms with Gasteiger partial charge in [0.25, 0.3) is 0 Å². The number of fused-ring (bicyclic) bond motifs is 2. The largest absolute Gasteiger partial charge is 0.481 e. The van der Waals surface area contributed by atoms with Gasteiger partial charge in [0.15, 0.2) is 0 Å². The number of benzene rings is 1. The molecule has 176 valence electrons. The summed E-state index contributed by atoms with van der Waals surface area (Å²) in [4.78, 5) is 33.1. The Kier molecular flexibility index (Phi) is 6.64. The van der Waals surface area contributed by atoms with Gasteiger partial charge in [-0.2, -0.15) is 0 Å². The van der Waals surface area contributed by atoms with Crippen LogP contribution in [0.2, 0.25) is 5.02 Å². The third-order valence-corrected chi connectivity index (χ3v) is 6.40. The predicted octanol–water partition coefficient (Wildman–Crippen LogP) is 4.32. The number of carbonyl (C=O) groups excluding carboxylic acids is 1. The highest BCUT2D eigenvalue weighted by molar-refractivity contribution is 6.30. The van der Waals surface area contributed by atoms with Crippen LogP contribution in [-0.2, 0) is 22.4 Å². The molecule has 0 radical (unpaired) electrons. The van der Waals surface area contributed by atoms with E-state index in [-0.39, 0.29) is 12.5 Å². The number of nitrogens with zero attached hydrogens (tertiary/aromatic N) is 3. The monoisotopic (exact) mass is 471 g/mol. The topological polar surface area (TPSA) is 83.0 Å². The summed E-state index contributed by atoms with van der Waals surface area (Å²) in [5.74, 6) is -0.943. The number of ether oxygens (including phenoxy) is 1. The molecule has 33 heavy (non-hydrogen) atoms. The Balaban J connectivity index is 1.69. The van der Waals surface area contributed by atoms with E-state index in [1.165, 1.54) is 11.1 Å². The first-order chi connectivity index (χ1) is 15.6. The van der Waals surface area contributed by atoms with E-state index in [2.05, 4.69) is 17.0 Å². The smallest absolute Gasteiger partial charge is 0.410 e. The number of hydrogen-bond donors (Lipinski definition) is 1. The van der Waals surface area contributed by atoms with Gasteiger partial charge in [-0.1, -0.05) is 23.7 Å². The van der Waals surface area contributed by atoms with E-state index in [4.69, 9.17) is 21.3 Å². The van der Waals surface area contributed by atoms with Crippen LogP contribution in [0.4, 0.5) is 4.79 Å². The maximum Gasteiger partial charge on any atom is 0.410 e. The number of carboxylic acids is 1. The molecule has 1 aromatic carbocycles. The second kappa shape index (κ2) is 9.31. The molecule has 1 unspecified atom stereocenters. The summed E-state index contributed by atoms with van der Waals surface area (Å²) in [6, 6.07) is 9.39. The second-order valence-electron chi connectivity index (χ2n) is 9.71. The molecule has 7 nitrogen and oxygen atoms in total. The van der Waals surface area contributed by atoms with Crippen LogP contribution >= 0.6 is 11.6 Å². The Morgan fingerprint density at radius 3 is 2.67 bits per heavy atom. The zero-order valence-electron chi connectivity index (χ0n) is 19.3. The van der Waals surface area contributed by atoms with Crippen LogP contribution in [0, 0.1) is 0 Å². The Hall–Kier alpha value is -2.64. The molecular formula is C25H30ClN3O4. The number of aryl methyl sites for hydroxylation is 2. The van der Waals surface area contributed by atoms with E-state index < -0.39 is 23.7 Å². The fourth-order valence-electron chi connectivity index (χ4n) is 4.80. The summed E-state index contributed by atoms with van der Waals surface area (Å²) in [6.45, 7) is 6.80. The van der Waals surface area contributed by atoms with E-state index in [9.17, 15) is 14.7 Å². The summed E-state index contributed by atoms with van der Waals surface area (Å²) >= 11 is 6.31. The number of hydrogen-bond acceptors (Lipinski definition) is 5. The molecule has 2 heterocycles. The number of piperazine rings is 1. The van der Waals surface area contributed by atoms with Crippen LogP contribution in [0.5, 0.6) is 0 Å². The molecule has 0 saturated carbocycles. The summed E-state index contributed by atoms with van der Waals surface area (Å²) in [5.41, 5.74) is 3.83. The highest BCUT2D eigenvalue weighted by atomic mass is 35.5. The number of halogens is 1. The van der Waals surface area contributed by atoms with Crippen molar-refractivity contribution in [3.05, 3.63) is 63.9 Å². The van der Waals surface area contributed by atoms with Gasteiger partial charge in [0, 0.05) is 30.9 Å². The van der Waals surface area contributed by atoms with Crippen molar-refractivity contribution in [1.29, 1.82) is 0 Å². The quantitative estimate of drug-likeness (QED) is 0.717. The Bertz CT molecular complexity index is 1050. The third kappa shape index (κ3) is 5.31. The zero-order valence-corrected chi connectivity index (χ0v) is 20.0. The van der Waals surface area contributed by atoms with Gasteiger partial charge in [-0.25, -0.2) is 4.79 Å². The molecule has 1 fully saturated rings. The van der Waals surface area contributed by atoms with Gasteiger partial charge in [0.1, 0.15) is 5.60 Å². The lowest BCUT2D eigenvalue weighted by molar-refractivity contribution is -0.139. The van der Waals surface area contributed by atoms with Gasteiger partial charge in [-0.3, -0.25) is 14.7 Å². The van der Waals surface area contributed by atoms with Gasteiger partial charge in [0.05, 0.1) is 24.2 Å². The number of pyridine rings is 1. The van der Waals surface area contributed by atoms with Crippen molar-refractivity contribution in [3.8, 4) is 0 Å². The Morgan fingerprint density at radius 1 is 1.18 bits per heavy atom. The van der Waals surface area contributed by atoms with Crippen LogP contribution in [0.1, 0.15) is 55.6 Å². The molecule has 2 aromatic rings. The number of amides is 1. The minimum absolute atomic E-state index is 0.131. The first-order valence-corrected chi connectivity index (χ1v) is 11.7. The number of rotatable bonds is 3. The van der Waals surface area contributed by atoms with Gasteiger partial charge < -0.3 is 14.7 Å². The molecule has 0 spiro atoms. The molecule has 8 heteroatoms. The standard InChI is InChI=1S/C25H30ClN3O4/c1-25(2,3)33-24(32)29-12-11-28(15-19(29)14-21(30)31)23-20-9-8-18(26)13-17(20)7-6-16-5-4-10-27-22(16)23/h4-5,8-10,13,19,23H,6-7,11-12,14-15H2,1-3H3,(H,30,31)/t19-,23?/m0/s1. The fourth-order valence-corrected chi connectivity index (χ4v) is 5.00. The highest BCUT2D eigenvalue weighted by Crippen LogP contribution is 2.38. The Morgan fingerprint density at radius 2 is 1.94 bits per heavy atom. The van der Waals surface area contributed by atoms with Crippen molar-refractivity contribution in [2.24, 2.45) is 0 Å². The first-order valence-electron chi connectivity index (χ1n) is 11.3. The van der Waals surface area contributed by atoms with E-state index in [0.29, 0.717) is 24.7 Å². The summed E-state index contributed by atoms with van der Waals surface area (Å²) in [7, 11) is 0. The average molecular weight is 472 g/mol. The van der Waals surface area contributed by atoms with Crippen molar-refractivity contribution < 1.29 is 19.4 Å². The number of carbonyl (C=O) groups is 2. The number of aliphatic carboxylic acids is 1. The molecule has 1 aromatic heterocycles. The molecule has 4 rings (SSSR count). The van der Waals surface area contributed by atoms with Crippen LogP contribution in [0.25, 0.3) is 0 Å². The minimum Gasteiger partial charge on any atom is -0.481 e. The van der Waals surface area contributed by atoms with Crippen molar-refractivity contribution in [2.45, 2.75) is 57.7 Å². The van der Waals surface area contributed by atoms with Crippen molar-refractivity contribution in [1.82, 2.24) is 14.8 Å². The fraction of sp³-hybridized carbons (Fsp3) is 0.480. The lowest BCUT2D eigenvalue weighted by Crippen LogP contribution is -2.57. The maximum absolute atomic E-state index is 12.8. The molecule has 1 saturated heterocycles. The van der Waals surface area contributed by atoms with Gasteiger partial charge in [-0.05, 0) is 68.5 Å². The normalized spacial score (nSPS) is 21.0. The maximum atomic E-state index is 12.8.